The van der Waals surface area contributed by atoms with Crippen LogP contribution in [-0.2, 0) is 15.0 Å². The Morgan fingerprint density at radius 2 is 1.54 bits per heavy atom. The van der Waals surface area contributed by atoms with E-state index in [1.54, 1.807) is 24.3 Å². The van der Waals surface area contributed by atoms with Crippen LogP contribution in [-0.4, -0.2) is 18.4 Å². The van der Waals surface area contributed by atoms with Crippen LogP contribution in [0.25, 0.3) is 0 Å². The highest BCUT2D eigenvalue weighted by Crippen LogP contribution is 2.22. The maximum absolute atomic E-state index is 13.0. The molecule has 2 N–H and O–H groups in total. The summed E-state index contributed by atoms with van der Waals surface area (Å²) in [6.07, 6.45) is 0. The largest absolute Gasteiger partial charge is 0.347 e. The van der Waals surface area contributed by atoms with Gasteiger partial charge in [0.05, 0.1) is 0 Å². The molecule has 126 valence electrons. The highest BCUT2D eigenvalue weighted by Gasteiger charge is 2.23. The van der Waals surface area contributed by atoms with E-state index in [0.717, 1.165) is 11.1 Å². The summed E-state index contributed by atoms with van der Waals surface area (Å²) in [6.45, 7) is 6.03. The van der Waals surface area contributed by atoms with Crippen LogP contribution in [0.5, 0.6) is 0 Å². The minimum absolute atomic E-state index is 0.263. The number of rotatable bonds is 4. The first kappa shape index (κ1) is 17.7. The van der Waals surface area contributed by atoms with Gasteiger partial charge in [-0.25, -0.2) is 4.39 Å². The minimum atomic E-state index is -0.714. The molecule has 2 aromatic rings. The number of carbonyl (C=O) groups is 2. The van der Waals surface area contributed by atoms with Crippen LogP contribution in [0.3, 0.4) is 0 Å². The summed E-state index contributed by atoms with van der Waals surface area (Å²) in [5, 5.41) is 5.17. The summed E-state index contributed by atoms with van der Waals surface area (Å²) in [5.74, 6) is -1.73. The Bertz CT molecular complexity index is 722. The van der Waals surface area contributed by atoms with Crippen LogP contribution in [0.4, 0.5) is 10.1 Å². The van der Waals surface area contributed by atoms with Crippen molar-refractivity contribution in [3.8, 4) is 0 Å². The molecule has 2 aromatic carbocycles. The molecule has 0 aliphatic carbocycles. The van der Waals surface area contributed by atoms with Crippen molar-refractivity contribution < 1.29 is 14.0 Å². The third-order valence-corrected chi connectivity index (χ3v) is 3.83. The van der Waals surface area contributed by atoms with Crippen molar-refractivity contribution in [1.82, 2.24) is 5.32 Å². The summed E-state index contributed by atoms with van der Waals surface area (Å²) in [5.41, 5.74) is 2.09. The molecule has 24 heavy (non-hydrogen) atoms. The molecule has 2 rings (SSSR count). The van der Waals surface area contributed by atoms with E-state index in [1.807, 2.05) is 32.9 Å². The molecule has 0 aromatic heterocycles. The van der Waals surface area contributed by atoms with Gasteiger partial charge >= 0.3 is 11.8 Å². The van der Waals surface area contributed by atoms with E-state index in [2.05, 4.69) is 10.6 Å². The van der Waals surface area contributed by atoms with Gasteiger partial charge in [-0.2, -0.15) is 0 Å². The van der Waals surface area contributed by atoms with Gasteiger partial charge in [0.25, 0.3) is 0 Å². The first-order valence-electron chi connectivity index (χ1n) is 7.70. The number of hydrogen-bond acceptors (Lipinski definition) is 2. The van der Waals surface area contributed by atoms with E-state index in [1.165, 1.54) is 12.1 Å². The summed E-state index contributed by atoms with van der Waals surface area (Å²) in [4.78, 5) is 23.9. The predicted molar refractivity (Wildman–Crippen MR) is 92.2 cm³/mol. The molecule has 0 saturated heterocycles. The van der Waals surface area contributed by atoms with Gasteiger partial charge in [0.1, 0.15) is 5.82 Å². The second-order valence-electron chi connectivity index (χ2n) is 6.39. The molecule has 2 amide bonds. The Balaban J connectivity index is 1.92. The first-order chi connectivity index (χ1) is 11.3. The van der Waals surface area contributed by atoms with E-state index in [-0.39, 0.29) is 12.4 Å². The van der Waals surface area contributed by atoms with Crippen molar-refractivity contribution in [3.63, 3.8) is 0 Å². The summed E-state index contributed by atoms with van der Waals surface area (Å²) in [6, 6.07) is 13.3. The lowest BCUT2D eigenvalue weighted by Gasteiger charge is -2.25. The smallest absolute Gasteiger partial charge is 0.313 e. The molecule has 0 fully saturated rings. The van der Waals surface area contributed by atoms with Crippen molar-refractivity contribution in [2.75, 3.05) is 11.9 Å². The zero-order valence-corrected chi connectivity index (χ0v) is 14.0. The molecule has 0 bridgehead atoms. The lowest BCUT2D eigenvalue weighted by atomic mass is 9.84. The Morgan fingerprint density at radius 1 is 0.958 bits per heavy atom. The van der Waals surface area contributed by atoms with E-state index in [4.69, 9.17) is 0 Å². The average molecular weight is 328 g/mol. The number of carbonyl (C=O) groups excluding carboxylic acids is 2. The van der Waals surface area contributed by atoms with Crippen molar-refractivity contribution in [2.45, 2.75) is 26.2 Å². The number of hydrogen-bond donors (Lipinski definition) is 2. The third kappa shape index (κ3) is 4.65. The SMILES string of the molecule is Cc1ccc(NC(=O)C(=O)NCC(C)(C)c2ccc(F)cc2)cc1. The monoisotopic (exact) mass is 328 g/mol. The lowest BCUT2D eigenvalue weighted by molar-refractivity contribution is -0.136. The highest BCUT2D eigenvalue weighted by atomic mass is 19.1. The van der Waals surface area contributed by atoms with Gasteiger partial charge in [0.15, 0.2) is 0 Å². The number of amides is 2. The van der Waals surface area contributed by atoms with Gasteiger partial charge in [-0.1, -0.05) is 43.7 Å². The molecule has 0 unspecified atom stereocenters. The Morgan fingerprint density at radius 3 is 2.12 bits per heavy atom. The van der Waals surface area contributed by atoms with Gasteiger partial charge in [-0.05, 0) is 36.8 Å². The van der Waals surface area contributed by atoms with Gasteiger partial charge in [0.2, 0.25) is 0 Å². The van der Waals surface area contributed by atoms with E-state index in [9.17, 15) is 14.0 Å². The van der Waals surface area contributed by atoms with Gasteiger partial charge in [-0.15, -0.1) is 0 Å². The van der Waals surface area contributed by atoms with Gasteiger partial charge in [-0.3, -0.25) is 9.59 Å². The second kappa shape index (κ2) is 7.25. The number of nitrogens with one attached hydrogen (secondary N) is 2. The normalized spacial score (nSPS) is 11.0. The van der Waals surface area contributed by atoms with Crippen molar-refractivity contribution in [3.05, 3.63) is 65.5 Å². The molecule has 0 aliphatic rings. The fourth-order valence-corrected chi connectivity index (χ4v) is 2.21. The summed E-state index contributed by atoms with van der Waals surface area (Å²) < 4.78 is 13.0. The first-order valence-corrected chi connectivity index (χ1v) is 7.70. The number of anilines is 1. The molecule has 0 heterocycles. The minimum Gasteiger partial charge on any atom is -0.347 e. The van der Waals surface area contributed by atoms with Crippen LogP contribution in [0.2, 0.25) is 0 Å². The summed E-state index contributed by atoms with van der Waals surface area (Å²) >= 11 is 0. The topological polar surface area (TPSA) is 58.2 Å². The van der Waals surface area contributed by atoms with E-state index in [0.29, 0.717) is 5.69 Å². The predicted octanol–water partition coefficient (Wildman–Crippen LogP) is 3.17. The lowest BCUT2D eigenvalue weighted by Crippen LogP contribution is -2.42. The fourth-order valence-electron chi connectivity index (χ4n) is 2.21. The quantitative estimate of drug-likeness (QED) is 0.847. The maximum atomic E-state index is 13.0. The van der Waals surface area contributed by atoms with Gasteiger partial charge < -0.3 is 10.6 Å². The highest BCUT2D eigenvalue weighted by molar-refractivity contribution is 6.39. The molecule has 0 saturated carbocycles. The molecule has 5 heteroatoms. The molecule has 0 aliphatic heterocycles. The molecule has 0 radical (unpaired) electrons. The fraction of sp³-hybridized carbons (Fsp3) is 0.263. The Kier molecular flexibility index (Phi) is 5.34. The Labute approximate surface area is 141 Å². The van der Waals surface area contributed by atoms with Gasteiger partial charge in [0, 0.05) is 17.6 Å². The third-order valence-electron chi connectivity index (χ3n) is 3.83. The molecule has 4 nitrogen and oxygen atoms in total. The molecular formula is C19H21FN2O2. The number of halogens is 1. The van der Waals surface area contributed by atoms with Crippen LogP contribution < -0.4 is 10.6 Å². The second-order valence-corrected chi connectivity index (χ2v) is 6.39. The van der Waals surface area contributed by atoms with Crippen LogP contribution >= 0.6 is 0 Å². The van der Waals surface area contributed by atoms with Crippen LogP contribution in [0.15, 0.2) is 48.5 Å². The van der Waals surface area contributed by atoms with Crippen LogP contribution in [0, 0.1) is 12.7 Å². The average Bonchev–Trinajstić information content (AvgIpc) is 2.55. The van der Waals surface area contributed by atoms with Crippen molar-refractivity contribution in [1.29, 1.82) is 0 Å². The van der Waals surface area contributed by atoms with E-state index < -0.39 is 17.2 Å². The number of benzene rings is 2. The summed E-state index contributed by atoms with van der Waals surface area (Å²) in [7, 11) is 0. The van der Waals surface area contributed by atoms with Crippen molar-refractivity contribution >= 4 is 17.5 Å². The number of aryl methyl sites for hydroxylation is 1. The Hall–Kier alpha value is -2.69. The van der Waals surface area contributed by atoms with Crippen molar-refractivity contribution in [2.24, 2.45) is 0 Å². The zero-order chi connectivity index (χ0) is 17.7. The molecule has 0 atom stereocenters. The van der Waals surface area contributed by atoms with Crippen LogP contribution in [0.1, 0.15) is 25.0 Å². The molecule has 0 spiro atoms. The van der Waals surface area contributed by atoms with E-state index >= 15 is 0 Å². The zero-order valence-electron chi connectivity index (χ0n) is 14.0. The standard InChI is InChI=1S/C19H21FN2O2/c1-13-4-10-16(11-5-13)22-18(24)17(23)21-12-19(2,3)14-6-8-15(20)9-7-14/h4-11H,12H2,1-3H3,(H,21,23)(H,22,24). The maximum Gasteiger partial charge on any atom is 0.313 e. The molecular weight excluding hydrogens is 307 g/mol.